The fourth-order valence-electron chi connectivity index (χ4n) is 3.70. The van der Waals surface area contributed by atoms with E-state index in [9.17, 15) is 34.8 Å². The van der Waals surface area contributed by atoms with E-state index in [2.05, 4.69) is 10.6 Å². The molecule has 0 heterocycles. The number of nitrogens with one attached hydrogen (secondary N) is 2. The van der Waals surface area contributed by atoms with Gasteiger partial charge in [0.25, 0.3) is 0 Å². The topological polar surface area (TPSA) is 182 Å². The van der Waals surface area contributed by atoms with Crippen LogP contribution in [0, 0.1) is 5.92 Å². The van der Waals surface area contributed by atoms with Gasteiger partial charge in [0, 0.05) is 12.5 Å². The second-order valence-electron chi connectivity index (χ2n) is 9.02. The van der Waals surface area contributed by atoms with Crippen LogP contribution in [-0.4, -0.2) is 56.7 Å². The molecule has 2 aromatic rings. The molecule has 0 aromatic heterocycles. The van der Waals surface area contributed by atoms with Gasteiger partial charge in [-0.15, -0.1) is 0 Å². The van der Waals surface area contributed by atoms with Gasteiger partial charge in [-0.2, -0.15) is 0 Å². The second-order valence-corrected chi connectivity index (χ2v) is 9.02. The van der Waals surface area contributed by atoms with E-state index >= 15 is 0 Å². The van der Waals surface area contributed by atoms with Gasteiger partial charge in [0.2, 0.25) is 11.8 Å². The third kappa shape index (κ3) is 8.77. The van der Waals surface area contributed by atoms with Crippen LogP contribution in [0.25, 0.3) is 0 Å². The smallest absolute Gasteiger partial charge is 0.237 e. The van der Waals surface area contributed by atoms with Crippen LogP contribution in [-0.2, 0) is 27.2 Å². The highest BCUT2D eigenvalue weighted by Crippen LogP contribution is 2.26. The summed E-state index contributed by atoms with van der Waals surface area (Å²) >= 11 is 0. The number of phenolic OH excluding ortho intramolecular Hbond substituents is 4. The molecule has 10 heteroatoms. The van der Waals surface area contributed by atoms with E-state index in [1.54, 1.807) is 19.1 Å². The number of Topliss-reactive ketones (excluding diaryl/α,β-unsaturated/α-hetero) is 1. The van der Waals surface area contributed by atoms with Gasteiger partial charge >= 0.3 is 0 Å². The molecule has 196 valence electrons. The van der Waals surface area contributed by atoms with Gasteiger partial charge in [-0.1, -0.05) is 19.1 Å². The van der Waals surface area contributed by atoms with Crippen LogP contribution in [0.4, 0.5) is 0 Å². The number of amides is 2. The SMILES string of the molecule is CC(=O)[C@H](CCCCNC(=O)[C@@H](C)Cc1ccc(O)c(O)c1)NC(=O)[C@@H](N)Cc1ccc(O)c(O)c1. The maximum Gasteiger partial charge on any atom is 0.237 e. The number of carbonyl (C=O) groups excluding carboxylic acids is 3. The predicted molar refractivity (Wildman–Crippen MR) is 134 cm³/mol. The Bertz CT molecular complexity index is 1070. The fraction of sp³-hybridized carbons (Fsp3) is 0.423. The zero-order chi connectivity index (χ0) is 26.8. The largest absolute Gasteiger partial charge is 0.504 e. The highest BCUT2D eigenvalue weighted by atomic mass is 16.3. The summed E-state index contributed by atoms with van der Waals surface area (Å²) in [6.45, 7) is 3.56. The number of ketones is 1. The number of carbonyl (C=O) groups is 3. The lowest BCUT2D eigenvalue weighted by atomic mass is 10.00. The lowest BCUT2D eigenvalue weighted by Crippen LogP contribution is -2.48. The normalized spacial score (nSPS) is 13.4. The predicted octanol–water partition coefficient (Wildman–Crippen LogP) is 1.62. The quantitative estimate of drug-likeness (QED) is 0.160. The molecule has 0 aliphatic heterocycles. The third-order valence-electron chi connectivity index (χ3n) is 5.89. The average Bonchev–Trinajstić information content (AvgIpc) is 2.82. The standard InChI is InChI=1S/C26H35N3O7/c1-15(11-17-6-8-21(31)23(33)13-17)25(35)28-10-4-3-5-20(16(2)30)29-26(36)19(27)12-18-7-9-22(32)24(34)14-18/h6-9,13-15,19-20,31-34H,3-5,10-12,27H2,1-2H3,(H,28,35)(H,29,36)/t15-,19-,20-/m0/s1. The monoisotopic (exact) mass is 501 g/mol. The summed E-state index contributed by atoms with van der Waals surface area (Å²) in [5.74, 6) is -2.19. The molecule has 0 radical (unpaired) electrons. The van der Waals surface area contributed by atoms with Gasteiger partial charge in [-0.05, 0) is 74.4 Å². The number of unbranched alkanes of at least 4 members (excludes halogenated alkanes) is 1. The lowest BCUT2D eigenvalue weighted by molar-refractivity contribution is -0.127. The molecule has 36 heavy (non-hydrogen) atoms. The van der Waals surface area contributed by atoms with Crippen molar-refractivity contribution in [3.63, 3.8) is 0 Å². The Labute approximate surface area is 210 Å². The molecule has 0 saturated heterocycles. The molecule has 0 unspecified atom stereocenters. The van der Waals surface area contributed by atoms with Crippen LogP contribution in [0.3, 0.4) is 0 Å². The first-order chi connectivity index (χ1) is 17.0. The first-order valence-electron chi connectivity index (χ1n) is 11.8. The minimum atomic E-state index is -0.938. The molecule has 0 aliphatic rings. The van der Waals surface area contributed by atoms with Gasteiger partial charge in [0.1, 0.15) is 0 Å². The number of benzene rings is 2. The van der Waals surface area contributed by atoms with Crippen LogP contribution in [0.15, 0.2) is 36.4 Å². The van der Waals surface area contributed by atoms with E-state index in [1.807, 2.05) is 0 Å². The van der Waals surface area contributed by atoms with Crippen molar-refractivity contribution < 1.29 is 34.8 Å². The zero-order valence-electron chi connectivity index (χ0n) is 20.5. The number of rotatable bonds is 13. The number of hydrogen-bond donors (Lipinski definition) is 7. The van der Waals surface area contributed by atoms with Crippen molar-refractivity contribution in [1.82, 2.24) is 10.6 Å². The maximum absolute atomic E-state index is 12.5. The van der Waals surface area contributed by atoms with Crippen LogP contribution in [0.2, 0.25) is 0 Å². The summed E-state index contributed by atoms with van der Waals surface area (Å²) < 4.78 is 0. The van der Waals surface area contributed by atoms with E-state index in [-0.39, 0.29) is 47.0 Å². The van der Waals surface area contributed by atoms with Gasteiger partial charge in [0.15, 0.2) is 28.8 Å². The van der Waals surface area contributed by atoms with Crippen molar-refractivity contribution in [2.45, 2.75) is 58.0 Å². The van der Waals surface area contributed by atoms with Crippen LogP contribution < -0.4 is 16.4 Å². The zero-order valence-corrected chi connectivity index (χ0v) is 20.5. The van der Waals surface area contributed by atoms with Crippen molar-refractivity contribution in [2.75, 3.05) is 6.54 Å². The molecule has 3 atom stereocenters. The molecule has 0 spiro atoms. The van der Waals surface area contributed by atoms with E-state index < -0.39 is 18.0 Å². The summed E-state index contributed by atoms with van der Waals surface area (Å²) in [4.78, 5) is 36.8. The molecular formula is C26H35N3O7. The lowest BCUT2D eigenvalue weighted by Gasteiger charge is -2.19. The Morgan fingerprint density at radius 2 is 1.39 bits per heavy atom. The third-order valence-corrected chi connectivity index (χ3v) is 5.89. The first-order valence-corrected chi connectivity index (χ1v) is 11.8. The Morgan fingerprint density at radius 1 is 0.833 bits per heavy atom. The Hall–Kier alpha value is -3.79. The molecule has 8 N–H and O–H groups in total. The summed E-state index contributed by atoms with van der Waals surface area (Å²) in [7, 11) is 0. The maximum atomic E-state index is 12.5. The van der Waals surface area contributed by atoms with Gasteiger partial charge < -0.3 is 36.8 Å². The Kier molecular flexibility index (Phi) is 10.5. The average molecular weight is 502 g/mol. The molecule has 2 amide bonds. The van der Waals surface area contributed by atoms with Crippen LogP contribution >= 0.6 is 0 Å². The molecule has 0 saturated carbocycles. The number of nitrogens with two attached hydrogens (primary N) is 1. The van der Waals surface area contributed by atoms with E-state index in [0.717, 1.165) is 5.56 Å². The summed E-state index contributed by atoms with van der Waals surface area (Å²) in [5, 5.41) is 43.4. The van der Waals surface area contributed by atoms with Crippen molar-refractivity contribution in [3.05, 3.63) is 47.5 Å². The van der Waals surface area contributed by atoms with E-state index in [0.29, 0.717) is 37.8 Å². The van der Waals surface area contributed by atoms with E-state index in [1.165, 1.54) is 31.2 Å². The minimum absolute atomic E-state index is 0.123. The second kappa shape index (κ2) is 13.3. The molecular weight excluding hydrogens is 466 g/mol. The van der Waals surface area contributed by atoms with Crippen LogP contribution in [0.1, 0.15) is 44.2 Å². The van der Waals surface area contributed by atoms with E-state index in [4.69, 9.17) is 5.73 Å². The van der Waals surface area contributed by atoms with Crippen molar-refractivity contribution in [1.29, 1.82) is 0 Å². The number of aromatic hydroxyl groups is 4. The Balaban J connectivity index is 1.73. The van der Waals surface area contributed by atoms with Gasteiger partial charge in [0.05, 0.1) is 12.1 Å². The van der Waals surface area contributed by atoms with Gasteiger partial charge in [-0.25, -0.2) is 0 Å². The number of hydrogen-bond acceptors (Lipinski definition) is 8. The molecule has 0 aliphatic carbocycles. The van der Waals surface area contributed by atoms with Crippen LogP contribution in [0.5, 0.6) is 23.0 Å². The van der Waals surface area contributed by atoms with Crippen molar-refractivity contribution in [3.8, 4) is 23.0 Å². The summed E-state index contributed by atoms with van der Waals surface area (Å²) in [6, 6.07) is 7.00. The summed E-state index contributed by atoms with van der Waals surface area (Å²) in [6.07, 6.45) is 2.12. The minimum Gasteiger partial charge on any atom is -0.504 e. The number of phenols is 4. The Morgan fingerprint density at radius 3 is 1.92 bits per heavy atom. The molecule has 0 bridgehead atoms. The van der Waals surface area contributed by atoms with Gasteiger partial charge in [-0.3, -0.25) is 14.4 Å². The molecule has 2 rings (SSSR count). The van der Waals surface area contributed by atoms with Crippen molar-refractivity contribution >= 4 is 17.6 Å². The molecule has 0 fully saturated rings. The highest BCUT2D eigenvalue weighted by molar-refractivity contribution is 5.89. The highest BCUT2D eigenvalue weighted by Gasteiger charge is 2.22. The fourth-order valence-corrected chi connectivity index (χ4v) is 3.70. The molecule has 10 nitrogen and oxygen atoms in total. The first kappa shape index (κ1) is 28.4. The summed E-state index contributed by atoms with van der Waals surface area (Å²) in [5.41, 5.74) is 7.25. The van der Waals surface area contributed by atoms with Crippen molar-refractivity contribution in [2.24, 2.45) is 11.7 Å². The molecule has 2 aromatic carbocycles.